The summed E-state index contributed by atoms with van der Waals surface area (Å²) in [6, 6.07) is 0. The number of carboxylic acids is 1. The van der Waals surface area contributed by atoms with Gasteiger partial charge in [-0.2, -0.15) is 0 Å². The zero-order valence-electron chi connectivity index (χ0n) is 11.9. The molecule has 0 aromatic heterocycles. The summed E-state index contributed by atoms with van der Waals surface area (Å²) in [5.41, 5.74) is -0.220. The molecule has 108 valence electrons. The van der Waals surface area contributed by atoms with E-state index in [1.165, 1.54) is 0 Å². The van der Waals surface area contributed by atoms with Gasteiger partial charge in [-0.1, -0.05) is 13.8 Å². The number of rotatable bonds is 7. The van der Waals surface area contributed by atoms with E-state index in [0.29, 0.717) is 13.2 Å². The van der Waals surface area contributed by atoms with Gasteiger partial charge in [-0.3, -0.25) is 9.59 Å². The lowest BCUT2D eigenvalue weighted by atomic mass is 10.0. The first kappa shape index (κ1) is 14.3. The second kappa shape index (κ2) is 4.78. The number of hydrogen-bond donors (Lipinski definition) is 2. The van der Waals surface area contributed by atoms with E-state index in [-0.39, 0.29) is 17.2 Å². The third kappa shape index (κ3) is 2.76. The maximum absolute atomic E-state index is 12.1. The Morgan fingerprint density at radius 1 is 1.32 bits per heavy atom. The molecule has 2 rings (SSSR count). The number of carbonyl (C=O) groups is 2. The van der Waals surface area contributed by atoms with Gasteiger partial charge in [-0.15, -0.1) is 0 Å². The highest BCUT2D eigenvalue weighted by Gasteiger charge is 2.66. The molecule has 0 bridgehead atoms. The molecule has 0 radical (unpaired) electrons. The Balaban J connectivity index is 1.82. The van der Waals surface area contributed by atoms with Crippen LogP contribution in [0.5, 0.6) is 0 Å². The summed E-state index contributed by atoms with van der Waals surface area (Å²) >= 11 is 0. The van der Waals surface area contributed by atoms with Crippen molar-refractivity contribution in [3.63, 3.8) is 0 Å². The fraction of sp³-hybridized carbons (Fsp3) is 0.857. The third-order valence-corrected chi connectivity index (χ3v) is 4.81. The molecule has 0 aromatic rings. The van der Waals surface area contributed by atoms with Gasteiger partial charge in [0, 0.05) is 20.3 Å². The van der Waals surface area contributed by atoms with Gasteiger partial charge in [0.15, 0.2) is 0 Å². The predicted molar refractivity (Wildman–Crippen MR) is 69.6 cm³/mol. The molecule has 2 atom stereocenters. The van der Waals surface area contributed by atoms with E-state index in [0.717, 1.165) is 19.3 Å². The molecular formula is C14H23NO4. The largest absolute Gasteiger partial charge is 0.481 e. The number of aliphatic carboxylic acids is 1. The van der Waals surface area contributed by atoms with E-state index in [1.807, 2.05) is 13.8 Å². The monoisotopic (exact) mass is 269 g/mol. The molecule has 0 saturated heterocycles. The molecule has 0 aromatic carbocycles. The molecule has 2 aliphatic carbocycles. The lowest BCUT2D eigenvalue weighted by molar-refractivity contribution is -0.140. The molecule has 2 saturated carbocycles. The van der Waals surface area contributed by atoms with Gasteiger partial charge in [0.25, 0.3) is 0 Å². The van der Waals surface area contributed by atoms with Crippen LogP contribution in [0.25, 0.3) is 0 Å². The minimum atomic E-state index is -0.870. The maximum atomic E-state index is 12.1. The number of hydrogen-bond acceptors (Lipinski definition) is 3. The van der Waals surface area contributed by atoms with E-state index in [4.69, 9.17) is 9.84 Å². The highest BCUT2D eigenvalue weighted by molar-refractivity contribution is 5.91. The zero-order chi connectivity index (χ0) is 14.3. The molecule has 19 heavy (non-hydrogen) atoms. The second-order valence-electron chi connectivity index (χ2n) is 6.58. The van der Waals surface area contributed by atoms with Crippen LogP contribution in [0.1, 0.15) is 33.1 Å². The number of carboxylic acid groups (broad SMARTS) is 1. The molecule has 5 nitrogen and oxygen atoms in total. The van der Waals surface area contributed by atoms with Gasteiger partial charge >= 0.3 is 5.97 Å². The predicted octanol–water partition coefficient (Wildman–Crippen LogP) is 1.28. The first-order chi connectivity index (χ1) is 8.84. The maximum Gasteiger partial charge on any atom is 0.307 e. The number of ether oxygens (including phenoxy) is 1. The SMILES string of the molecule is COCCC1(CNC(=O)[C@@H]2[C@H](C(=O)O)C2(C)C)CC1. The Labute approximate surface area is 113 Å². The van der Waals surface area contributed by atoms with Crippen molar-refractivity contribution in [3.8, 4) is 0 Å². The first-order valence-corrected chi connectivity index (χ1v) is 6.83. The number of nitrogens with one attached hydrogen (secondary N) is 1. The Morgan fingerprint density at radius 2 is 1.95 bits per heavy atom. The van der Waals surface area contributed by atoms with Crippen LogP contribution in [0.3, 0.4) is 0 Å². The average molecular weight is 269 g/mol. The van der Waals surface area contributed by atoms with Crippen molar-refractivity contribution in [3.05, 3.63) is 0 Å². The van der Waals surface area contributed by atoms with Crippen LogP contribution in [0.2, 0.25) is 0 Å². The summed E-state index contributed by atoms with van der Waals surface area (Å²) in [7, 11) is 1.68. The fourth-order valence-corrected chi connectivity index (χ4v) is 2.98. The van der Waals surface area contributed by atoms with Gasteiger partial charge in [0.2, 0.25) is 5.91 Å². The quantitative estimate of drug-likeness (QED) is 0.730. The van der Waals surface area contributed by atoms with Crippen molar-refractivity contribution in [2.24, 2.45) is 22.7 Å². The summed E-state index contributed by atoms with van der Waals surface area (Å²) in [5.74, 6) is -1.91. The summed E-state index contributed by atoms with van der Waals surface area (Å²) in [6.45, 7) is 5.04. The van der Waals surface area contributed by atoms with Gasteiger partial charge < -0.3 is 15.2 Å². The van der Waals surface area contributed by atoms with Crippen LogP contribution in [0.4, 0.5) is 0 Å². The van der Waals surface area contributed by atoms with Crippen LogP contribution in [-0.2, 0) is 14.3 Å². The summed E-state index contributed by atoms with van der Waals surface area (Å²) in [4.78, 5) is 23.1. The minimum Gasteiger partial charge on any atom is -0.481 e. The van der Waals surface area contributed by atoms with E-state index in [9.17, 15) is 9.59 Å². The molecule has 5 heteroatoms. The molecular weight excluding hydrogens is 246 g/mol. The van der Waals surface area contributed by atoms with E-state index in [2.05, 4.69) is 5.32 Å². The Hall–Kier alpha value is -1.10. The van der Waals surface area contributed by atoms with E-state index in [1.54, 1.807) is 7.11 Å². The van der Waals surface area contributed by atoms with Crippen LogP contribution >= 0.6 is 0 Å². The molecule has 0 spiro atoms. The van der Waals surface area contributed by atoms with E-state index < -0.39 is 17.3 Å². The number of amides is 1. The van der Waals surface area contributed by atoms with Gasteiger partial charge in [0.05, 0.1) is 11.8 Å². The lowest BCUT2D eigenvalue weighted by Crippen LogP contribution is -2.33. The van der Waals surface area contributed by atoms with Crippen molar-refractivity contribution in [1.29, 1.82) is 0 Å². The van der Waals surface area contributed by atoms with Crippen molar-refractivity contribution < 1.29 is 19.4 Å². The average Bonchev–Trinajstić information content (AvgIpc) is 3.20. The van der Waals surface area contributed by atoms with Crippen LogP contribution in [-0.4, -0.2) is 37.2 Å². The van der Waals surface area contributed by atoms with Crippen LogP contribution in [0.15, 0.2) is 0 Å². The first-order valence-electron chi connectivity index (χ1n) is 6.83. The summed E-state index contributed by atoms with van der Waals surface area (Å²) in [5, 5.41) is 12.0. The molecule has 0 unspecified atom stereocenters. The minimum absolute atomic E-state index is 0.110. The van der Waals surface area contributed by atoms with Gasteiger partial charge in [0.1, 0.15) is 0 Å². The van der Waals surface area contributed by atoms with Crippen molar-refractivity contribution >= 4 is 11.9 Å². The highest BCUT2D eigenvalue weighted by Crippen LogP contribution is 2.58. The highest BCUT2D eigenvalue weighted by atomic mass is 16.5. The van der Waals surface area contributed by atoms with Crippen molar-refractivity contribution in [1.82, 2.24) is 5.32 Å². The summed E-state index contributed by atoms with van der Waals surface area (Å²) < 4.78 is 5.08. The van der Waals surface area contributed by atoms with Gasteiger partial charge in [-0.05, 0) is 30.1 Å². The fourth-order valence-electron chi connectivity index (χ4n) is 2.98. The molecule has 2 N–H and O–H groups in total. The standard InChI is InChI=1S/C14H23NO4/c1-13(2)9(10(13)12(17)18)11(16)15-8-14(4-5-14)6-7-19-3/h9-10H,4-8H2,1-3H3,(H,15,16)(H,17,18)/t9-,10+/m0/s1. The lowest BCUT2D eigenvalue weighted by Gasteiger charge is -2.15. The second-order valence-corrected chi connectivity index (χ2v) is 6.58. The molecule has 0 aliphatic heterocycles. The Bertz CT molecular complexity index is 387. The topological polar surface area (TPSA) is 75.6 Å². The summed E-state index contributed by atoms with van der Waals surface area (Å²) in [6.07, 6.45) is 3.19. The molecule has 0 heterocycles. The van der Waals surface area contributed by atoms with Crippen LogP contribution in [0, 0.1) is 22.7 Å². The number of carbonyl (C=O) groups excluding carboxylic acids is 1. The third-order valence-electron chi connectivity index (χ3n) is 4.81. The van der Waals surface area contributed by atoms with Crippen molar-refractivity contribution in [2.75, 3.05) is 20.3 Å². The van der Waals surface area contributed by atoms with Crippen molar-refractivity contribution in [2.45, 2.75) is 33.1 Å². The Morgan fingerprint density at radius 3 is 2.37 bits per heavy atom. The normalized spacial score (nSPS) is 29.6. The molecule has 2 fully saturated rings. The number of methoxy groups -OCH3 is 1. The zero-order valence-corrected chi connectivity index (χ0v) is 11.9. The van der Waals surface area contributed by atoms with Crippen LogP contribution < -0.4 is 5.32 Å². The van der Waals surface area contributed by atoms with Gasteiger partial charge in [-0.25, -0.2) is 0 Å². The molecule has 1 amide bonds. The molecule has 2 aliphatic rings. The van der Waals surface area contributed by atoms with E-state index >= 15 is 0 Å². The Kier molecular flexibility index (Phi) is 3.60. The smallest absolute Gasteiger partial charge is 0.307 e.